The van der Waals surface area contributed by atoms with Crippen molar-refractivity contribution in [1.82, 2.24) is 10.2 Å². The number of nitrogens with zero attached hydrogens (tertiary/aromatic N) is 2. The van der Waals surface area contributed by atoms with Crippen LogP contribution in [0.4, 0.5) is 5.69 Å². The predicted octanol–water partition coefficient (Wildman–Crippen LogP) is 5.88. The third-order valence-corrected chi connectivity index (χ3v) is 11.5. The van der Waals surface area contributed by atoms with Crippen molar-refractivity contribution in [1.29, 1.82) is 0 Å². The summed E-state index contributed by atoms with van der Waals surface area (Å²) in [5.74, 6) is -3.31. The zero-order valence-corrected chi connectivity index (χ0v) is 32.1. The maximum Gasteiger partial charge on any atom is 0.313 e. The summed E-state index contributed by atoms with van der Waals surface area (Å²) in [6, 6.07) is 13.6. The molecule has 0 aliphatic carbocycles. The van der Waals surface area contributed by atoms with Crippen LogP contribution in [0.1, 0.15) is 74.7 Å². The molecule has 3 saturated heterocycles. The van der Waals surface area contributed by atoms with Crippen LogP contribution in [0.25, 0.3) is 0 Å². The molecule has 3 aliphatic heterocycles. The van der Waals surface area contributed by atoms with Gasteiger partial charge in [-0.2, -0.15) is 0 Å². The number of carbonyl (C=O) groups excluding carboxylic acids is 4. The molecule has 10 nitrogen and oxygen atoms in total. The molecule has 5 rings (SSSR count). The molecule has 2 N–H and O–H groups in total. The van der Waals surface area contributed by atoms with Gasteiger partial charge in [-0.1, -0.05) is 83.4 Å². The first-order valence-corrected chi connectivity index (χ1v) is 19.3. The number of likely N-dealkylation sites (tertiary alicyclic amines) is 1. The van der Waals surface area contributed by atoms with E-state index in [9.17, 15) is 19.5 Å². The van der Waals surface area contributed by atoms with E-state index in [4.69, 9.17) is 9.47 Å². The van der Waals surface area contributed by atoms with E-state index in [2.05, 4.69) is 34.4 Å². The Kier molecular flexibility index (Phi) is 13.1. The minimum Gasteiger partial charge on any atom is -0.455 e. The van der Waals surface area contributed by atoms with Gasteiger partial charge in [-0.25, -0.2) is 0 Å². The van der Waals surface area contributed by atoms with Gasteiger partial charge >= 0.3 is 5.97 Å². The Morgan fingerprint density at radius 1 is 1.12 bits per heavy atom. The Bertz CT molecular complexity index is 1640. The summed E-state index contributed by atoms with van der Waals surface area (Å²) >= 11 is 3.77. The van der Waals surface area contributed by atoms with Crippen LogP contribution in [-0.4, -0.2) is 82.0 Å². The second-order valence-electron chi connectivity index (χ2n) is 14.3. The highest BCUT2D eigenvalue weighted by Crippen LogP contribution is 2.60. The number of carbonyl (C=O) groups is 4. The normalized spacial score (nSPS) is 25.7. The quantitative estimate of drug-likeness (QED) is 0.0839. The summed E-state index contributed by atoms with van der Waals surface area (Å²) in [7, 11) is 0. The molecule has 52 heavy (non-hydrogen) atoms. The molecule has 0 radical (unpaired) electrons. The lowest BCUT2D eigenvalue weighted by Gasteiger charge is -2.37. The van der Waals surface area contributed by atoms with Gasteiger partial charge in [0.25, 0.3) is 5.91 Å². The molecule has 11 heteroatoms. The lowest BCUT2D eigenvalue weighted by Crippen LogP contribution is -2.57. The number of unbranched alkanes of at least 4 members (excludes halogenated alkanes) is 3. The molecule has 2 aromatic rings. The van der Waals surface area contributed by atoms with Gasteiger partial charge in [0.15, 0.2) is 0 Å². The summed E-state index contributed by atoms with van der Waals surface area (Å²) in [4.78, 5) is 60.0. The van der Waals surface area contributed by atoms with E-state index >= 15 is 4.79 Å². The fourth-order valence-electron chi connectivity index (χ4n) is 8.20. The summed E-state index contributed by atoms with van der Waals surface area (Å²) in [6.45, 7) is 13.9. The first-order chi connectivity index (χ1) is 25.0. The zero-order valence-electron chi connectivity index (χ0n) is 30.5. The maximum atomic E-state index is 15.0. The minimum absolute atomic E-state index is 0.0913. The Labute approximate surface area is 315 Å². The van der Waals surface area contributed by atoms with E-state index in [0.29, 0.717) is 37.8 Å². The van der Waals surface area contributed by atoms with E-state index in [-0.39, 0.29) is 42.1 Å². The average Bonchev–Trinajstić information content (AvgIpc) is 3.72. The molecule has 8 atom stereocenters. The van der Waals surface area contributed by atoms with Crippen molar-refractivity contribution in [2.24, 2.45) is 11.8 Å². The van der Waals surface area contributed by atoms with E-state index in [1.807, 2.05) is 62.4 Å². The smallest absolute Gasteiger partial charge is 0.313 e. The molecular weight excluding hydrogens is 726 g/mol. The lowest BCUT2D eigenvalue weighted by atomic mass is 9.70. The second-order valence-corrected chi connectivity index (χ2v) is 15.5. The molecule has 3 fully saturated rings. The molecule has 1 unspecified atom stereocenters. The van der Waals surface area contributed by atoms with Gasteiger partial charge in [-0.05, 0) is 69.2 Å². The highest BCUT2D eigenvalue weighted by Gasteiger charge is 2.77. The van der Waals surface area contributed by atoms with Crippen molar-refractivity contribution < 1.29 is 33.8 Å². The number of anilines is 1. The number of rotatable bonds is 18. The molecule has 1 spiro atoms. The molecule has 0 saturated carbocycles. The molecular formula is C41H52BrN3O7. The van der Waals surface area contributed by atoms with Gasteiger partial charge in [0.2, 0.25) is 11.8 Å². The van der Waals surface area contributed by atoms with Crippen molar-refractivity contribution in [2.45, 2.75) is 100 Å². The van der Waals surface area contributed by atoms with Crippen molar-refractivity contribution >= 4 is 45.3 Å². The van der Waals surface area contributed by atoms with Crippen LogP contribution in [0, 0.1) is 25.7 Å². The van der Waals surface area contributed by atoms with Crippen LogP contribution < -0.4 is 10.2 Å². The number of allylic oxidation sites excluding steroid dienone is 1. The average molecular weight is 779 g/mol. The van der Waals surface area contributed by atoms with Gasteiger partial charge < -0.3 is 29.7 Å². The maximum absolute atomic E-state index is 15.0. The SMILES string of the molecule is C=CCCC(=O)N[C@H](C)[C@@H](OC(=O)[C@@H]1[C@H]2O[C@@]3(CC2Br)[C@H](C(=O)N(CC=C)c2cc(C)ccc2C)N(CCCCCCO)C(=O)[C@@H]13)c1ccccc1. The molecule has 3 amide bonds. The topological polar surface area (TPSA) is 125 Å². The van der Waals surface area contributed by atoms with Crippen LogP contribution >= 0.6 is 15.9 Å². The lowest BCUT2D eigenvalue weighted by molar-refractivity contribution is -0.162. The Hall–Kier alpha value is -3.80. The standard InChI is InChI=1S/C41H52BrN3O7/c1-6-8-18-32(47)43-28(5)35(29-16-12-11-13-17-29)51-40(50)33-34-38(48)45(22-14-9-10-15-23-46)37(41(34)25-30(42)36(33)52-41)39(49)44(21-7-2)31-24-26(3)19-20-27(31)4/h6-7,11-13,16-17,19-20,24,28,30,33-37,46H,1-2,8-10,14-15,18,21-23,25H2,3-5H3,(H,43,47)/t28-,30?,33+,34-,35-,36+,37+,41-/m1/s1. The van der Waals surface area contributed by atoms with E-state index in [0.717, 1.165) is 29.7 Å². The molecule has 3 heterocycles. The number of benzene rings is 2. The monoisotopic (exact) mass is 777 g/mol. The van der Waals surface area contributed by atoms with Crippen molar-refractivity contribution in [2.75, 3.05) is 24.6 Å². The van der Waals surface area contributed by atoms with Crippen LogP contribution in [0.3, 0.4) is 0 Å². The number of alkyl halides is 1. The number of hydrogen-bond donors (Lipinski definition) is 2. The predicted molar refractivity (Wildman–Crippen MR) is 204 cm³/mol. The first kappa shape index (κ1) is 39.4. The third kappa shape index (κ3) is 7.92. The minimum atomic E-state index is -1.27. The van der Waals surface area contributed by atoms with Crippen LogP contribution in [0.2, 0.25) is 0 Å². The van der Waals surface area contributed by atoms with Gasteiger partial charge in [0, 0.05) is 36.6 Å². The number of aliphatic hydroxyl groups is 1. The Balaban J connectivity index is 1.51. The van der Waals surface area contributed by atoms with Crippen molar-refractivity contribution in [3.8, 4) is 0 Å². The number of aliphatic hydroxyl groups excluding tert-OH is 1. The molecule has 0 aromatic heterocycles. The molecule has 2 bridgehead atoms. The highest BCUT2D eigenvalue weighted by atomic mass is 79.9. The first-order valence-electron chi connectivity index (χ1n) is 18.4. The molecule has 280 valence electrons. The number of ether oxygens (including phenoxy) is 2. The number of fused-ring (bicyclic) bond motifs is 1. The number of amides is 3. The van der Waals surface area contributed by atoms with E-state index in [1.165, 1.54) is 0 Å². The van der Waals surface area contributed by atoms with Crippen LogP contribution in [0.5, 0.6) is 0 Å². The number of nitrogens with one attached hydrogen (secondary N) is 1. The van der Waals surface area contributed by atoms with Crippen molar-refractivity contribution in [3.05, 3.63) is 90.5 Å². The van der Waals surface area contributed by atoms with E-state index in [1.54, 1.807) is 28.9 Å². The molecule has 3 aliphatic rings. The van der Waals surface area contributed by atoms with Gasteiger partial charge in [-0.3, -0.25) is 19.2 Å². The second kappa shape index (κ2) is 17.4. The van der Waals surface area contributed by atoms with Gasteiger partial charge in [0.05, 0.1) is 24.0 Å². The highest BCUT2D eigenvalue weighted by molar-refractivity contribution is 9.09. The van der Waals surface area contributed by atoms with Crippen LogP contribution in [0.15, 0.2) is 73.8 Å². The Morgan fingerprint density at radius 2 is 1.85 bits per heavy atom. The summed E-state index contributed by atoms with van der Waals surface area (Å²) in [5.41, 5.74) is 2.05. The zero-order chi connectivity index (χ0) is 37.6. The van der Waals surface area contributed by atoms with E-state index < -0.39 is 47.7 Å². The number of esters is 1. The summed E-state index contributed by atoms with van der Waals surface area (Å²) in [6.07, 6.45) is 5.77. The Morgan fingerprint density at radius 3 is 2.54 bits per heavy atom. The fourth-order valence-corrected chi connectivity index (χ4v) is 9.14. The van der Waals surface area contributed by atoms with Gasteiger partial charge in [-0.15, -0.1) is 13.2 Å². The van der Waals surface area contributed by atoms with Crippen LogP contribution in [-0.2, 0) is 28.7 Å². The third-order valence-electron chi connectivity index (χ3n) is 10.6. The van der Waals surface area contributed by atoms with Crippen molar-refractivity contribution in [3.63, 3.8) is 0 Å². The fraction of sp³-hybridized carbons (Fsp3) is 0.512. The van der Waals surface area contributed by atoms with Gasteiger partial charge in [0.1, 0.15) is 17.7 Å². The summed E-state index contributed by atoms with van der Waals surface area (Å²) < 4.78 is 13.1. The number of hydrogen-bond acceptors (Lipinski definition) is 7. The number of halogens is 1. The number of aryl methyl sites for hydroxylation is 2. The largest absolute Gasteiger partial charge is 0.455 e. The molecule has 2 aromatic carbocycles. The summed E-state index contributed by atoms with van der Waals surface area (Å²) in [5, 5.41) is 12.3.